The average molecular weight is 284 g/mol. The molecule has 0 N–H and O–H groups in total. The molecule has 0 saturated carbocycles. The van der Waals surface area contributed by atoms with Gasteiger partial charge in [0.15, 0.2) is 0 Å². The van der Waals surface area contributed by atoms with Crippen molar-refractivity contribution in [2.45, 2.75) is 20.3 Å². The maximum Gasteiger partial charge on any atom is 0.228 e. The molecule has 0 spiro atoms. The molecule has 1 atom stereocenters. The fourth-order valence-corrected chi connectivity index (χ4v) is 2.38. The number of aromatic nitrogens is 2. The molecule has 1 amide bonds. The second kappa shape index (κ2) is 4.49. The molecule has 86 valence electrons. The van der Waals surface area contributed by atoms with Crippen LogP contribution in [0.3, 0.4) is 0 Å². The molecule has 0 aliphatic carbocycles. The fourth-order valence-electron chi connectivity index (χ4n) is 1.94. The zero-order valence-electron chi connectivity index (χ0n) is 9.40. The molecule has 4 nitrogen and oxygen atoms in total. The molecule has 1 aromatic rings. The van der Waals surface area contributed by atoms with Crippen LogP contribution in [0, 0.1) is 19.8 Å². The number of aryl methyl sites for hydroxylation is 2. The molecule has 1 aliphatic rings. The van der Waals surface area contributed by atoms with Gasteiger partial charge in [-0.05, 0) is 19.8 Å². The Morgan fingerprint density at radius 2 is 2.25 bits per heavy atom. The molecule has 0 bridgehead atoms. The number of rotatable bonds is 2. The van der Waals surface area contributed by atoms with Gasteiger partial charge in [-0.1, -0.05) is 15.9 Å². The molecule has 2 rings (SSSR count). The van der Waals surface area contributed by atoms with E-state index in [1.54, 1.807) is 4.90 Å². The summed E-state index contributed by atoms with van der Waals surface area (Å²) in [6, 6.07) is 1.86. The summed E-state index contributed by atoms with van der Waals surface area (Å²) in [5.41, 5.74) is 0.901. The lowest BCUT2D eigenvalue weighted by molar-refractivity contribution is -0.117. The lowest BCUT2D eigenvalue weighted by Crippen LogP contribution is -2.26. The second-order valence-corrected chi connectivity index (χ2v) is 4.79. The minimum atomic E-state index is 0.155. The van der Waals surface area contributed by atoms with Crippen LogP contribution in [0.2, 0.25) is 0 Å². The number of anilines is 1. The van der Waals surface area contributed by atoms with Gasteiger partial charge in [-0.3, -0.25) is 9.69 Å². The highest BCUT2D eigenvalue weighted by atomic mass is 79.9. The van der Waals surface area contributed by atoms with Crippen molar-refractivity contribution in [2.24, 2.45) is 5.92 Å². The van der Waals surface area contributed by atoms with Crippen LogP contribution in [-0.4, -0.2) is 27.7 Å². The monoisotopic (exact) mass is 283 g/mol. The second-order valence-electron chi connectivity index (χ2n) is 4.14. The maximum atomic E-state index is 11.8. The van der Waals surface area contributed by atoms with E-state index in [9.17, 15) is 4.79 Å². The van der Waals surface area contributed by atoms with Crippen molar-refractivity contribution in [3.8, 4) is 0 Å². The molecule has 16 heavy (non-hydrogen) atoms. The van der Waals surface area contributed by atoms with Gasteiger partial charge in [0.2, 0.25) is 5.91 Å². The van der Waals surface area contributed by atoms with E-state index in [-0.39, 0.29) is 5.91 Å². The lowest BCUT2D eigenvalue weighted by atomic mass is 10.2. The minimum absolute atomic E-state index is 0.155. The van der Waals surface area contributed by atoms with Gasteiger partial charge >= 0.3 is 0 Å². The smallest absolute Gasteiger partial charge is 0.228 e. The Labute approximate surface area is 103 Å². The van der Waals surface area contributed by atoms with E-state index in [0.29, 0.717) is 18.2 Å². The zero-order valence-corrected chi connectivity index (χ0v) is 11.0. The number of amides is 1. The fraction of sp³-hybridized carbons (Fsp3) is 0.545. The van der Waals surface area contributed by atoms with E-state index in [1.807, 2.05) is 19.9 Å². The van der Waals surface area contributed by atoms with Gasteiger partial charge in [0.25, 0.3) is 0 Å². The molecule has 2 heterocycles. The van der Waals surface area contributed by atoms with Crippen LogP contribution in [0.5, 0.6) is 0 Å². The van der Waals surface area contributed by atoms with Crippen molar-refractivity contribution in [2.75, 3.05) is 16.8 Å². The van der Waals surface area contributed by atoms with Crippen LogP contribution in [0.15, 0.2) is 6.07 Å². The summed E-state index contributed by atoms with van der Waals surface area (Å²) < 4.78 is 0. The van der Waals surface area contributed by atoms with Crippen molar-refractivity contribution < 1.29 is 4.79 Å². The van der Waals surface area contributed by atoms with Crippen LogP contribution in [0.1, 0.15) is 17.9 Å². The standard InChI is InChI=1S/C11H14BrN3O/c1-7-3-10(14-8(2)13-7)15-6-9(5-12)4-11(15)16/h3,9H,4-6H2,1-2H3. The first-order valence-corrected chi connectivity index (χ1v) is 6.41. The Bertz CT molecular complexity index is 401. The number of alkyl halides is 1. The normalized spacial score (nSPS) is 20.6. The summed E-state index contributed by atoms with van der Waals surface area (Å²) >= 11 is 3.42. The first kappa shape index (κ1) is 11.5. The number of carbonyl (C=O) groups is 1. The van der Waals surface area contributed by atoms with Gasteiger partial charge in [-0.2, -0.15) is 0 Å². The van der Waals surface area contributed by atoms with E-state index < -0.39 is 0 Å². The van der Waals surface area contributed by atoms with Gasteiger partial charge in [-0.25, -0.2) is 9.97 Å². The molecule has 5 heteroatoms. The summed E-state index contributed by atoms with van der Waals surface area (Å²) in [5.74, 6) is 1.99. The number of hydrogen-bond donors (Lipinski definition) is 0. The van der Waals surface area contributed by atoms with Gasteiger partial charge in [0.05, 0.1) is 0 Å². The average Bonchev–Trinajstić information content (AvgIpc) is 2.58. The van der Waals surface area contributed by atoms with E-state index in [2.05, 4.69) is 25.9 Å². The topological polar surface area (TPSA) is 46.1 Å². The highest BCUT2D eigenvalue weighted by Gasteiger charge is 2.30. The summed E-state index contributed by atoms with van der Waals surface area (Å²) in [7, 11) is 0. The van der Waals surface area contributed by atoms with Crippen molar-refractivity contribution in [1.29, 1.82) is 0 Å². The van der Waals surface area contributed by atoms with E-state index >= 15 is 0 Å². The predicted octanol–water partition coefficient (Wildman–Crippen LogP) is 1.84. The number of carbonyl (C=O) groups excluding carboxylic acids is 1. The molecule has 0 radical (unpaired) electrons. The molecule has 1 aliphatic heterocycles. The molecule has 1 aromatic heterocycles. The molecule has 1 saturated heterocycles. The number of nitrogens with zero attached hydrogens (tertiary/aromatic N) is 3. The van der Waals surface area contributed by atoms with Crippen LogP contribution in [0.25, 0.3) is 0 Å². The van der Waals surface area contributed by atoms with E-state index in [1.165, 1.54) is 0 Å². The van der Waals surface area contributed by atoms with Crippen LogP contribution < -0.4 is 4.90 Å². The van der Waals surface area contributed by atoms with E-state index in [4.69, 9.17) is 0 Å². The number of hydrogen-bond acceptors (Lipinski definition) is 3. The highest BCUT2D eigenvalue weighted by molar-refractivity contribution is 9.09. The van der Waals surface area contributed by atoms with Crippen LogP contribution in [-0.2, 0) is 4.79 Å². The van der Waals surface area contributed by atoms with Crippen molar-refractivity contribution in [3.05, 3.63) is 17.6 Å². The Hall–Kier alpha value is -0.970. The molecular formula is C11H14BrN3O. The third-order valence-corrected chi connectivity index (χ3v) is 3.57. The minimum Gasteiger partial charge on any atom is -0.296 e. The maximum absolute atomic E-state index is 11.8. The van der Waals surface area contributed by atoms with Gasteiger partial charge < -0.3 is 0 Å². The third-order valence-electron chi connectivity index (χ3n) is 2.65. The Morgan fingerprint density at radius 1 is 1.50 bits per heavy atom. The first-order valence-electron chi connectivity index (χ1n) is 5.28. The van der Waals surface area contributed by atoms with Crippen molar-refractivity contribution >= 4 is 27.7 Å². The summed E-state index contributed by atoms with van der Waals surface area (Å²) in [6.07, 6.45) is 0.605. The molecular weight excluding hydrogens is 270 g/mol. The van der Waals surface area contributed by atoms with E-state index in [0.717, 1.165) is 23.4 Å². The summed E-state index contributed by atoms with van der Waals surface area (Å²) in [4.78, 5) is 22.1. The first-order chi connectivity index (χ1) is 7.60. The van der Waals surface area contributed by atoms with Crippen LogP contribution in [0.4, 0.5) is 5.82 Å². The Kier molecular flexibility index (Phi) is 3.23. The predicted molar refractivity (Wildman–Crippen MR) is 65.8 cm³/mol. The lowest BCUT2D eigenvalue weighted by Gasteiger charge is -2.15. The zero-order chi connectivity index (χ0) is 11.7. The highest BCUT2D eigenvalue weighted by Crippen LogP contribution is 2.24. The Balaban J connectivity index is 2.27. The van der Waals surface area contributed by atoms with Gasteiger partial charge in [-0.15, -0.1) is 0 Å². The molecule has 0 aromatic carbocycles. The quantitative estimate of drug-likeness (QED) is 0.778. The van der Waals surface area contributed by atoms with Crippen LogP contribution >= 0.6 is 15.9 Å². The van der Waals surface area contributed by atoms with Crippen molar-refractivity contribution in [3.63, 3.8) is 0 Å². The van der Waals surface area contributed by atoms with Gasteiger partial charge in [0.1, 0.15) is 11.6 Å². The molecule has 1 unspecified atom stereocenters. The van der Waals surface area contributed by atoms with Crippen molar-refractivity contribution in [1.82, 2.24) is 9.97 Å². The van der Waals surface area contributed by atoms with Gasteiger partial charge in [0, 0.05) is 30.1 Å². The third kappa shape index (κ3) is 2.24. The summed E-state index contributed by atoms with van der Waals surface area (Å²) in [5, 5.41) is 0.859. The SMILES string of the molecule is Cc1cc(N2CC(CBr)CC2=O)nc(C)n1. The Morgan fingerprint density at radius 3 is 2.81 bits per heavy atom. The number of halogens is 1. The largest absolute Gasteiger partial charge is 0.296 e. The molecule has 1 fully saturated rings. The summed E-state index contributed by atoms with van der Waals surface area (Å²) in [6.45, 7) is 4.51.